The zero-order valence-corrected chi connectivity index (χ0v) is 14.4. The van der Waals surface area contributed by atoms with Crippen molar-refractivity contribution in [2.75, 3.05) is 11.9 Å². The molecule has 28 heavy (non-hydrogen) atoms. The molecule has 3 rings (SSSR count). The maximum atomic E-state index is 14.1. The highest BCUT2D eigenvalue weighted by molar-refractivity contribution is 6.10. The van der Waals surface area contributed by atoms with E-state index in [0.717, 1.165) is 43.3 Å². The van der Waals surface area contributed by atoms with Gasteiger partial charge in [-0.2, -0.15) is 0 Å². The number of imide groups is 1. The van der Waals surface area contributed by atoms with Crippen molar-refractivity contribution < 1.29 is 31.9 Å². The molecule has 2 aromatic rings. The molecule has 1 fully saturated rings. The number of nitrogens with one attached hydrogen (secondary N) is 2. The molecule has 0 spiro atoms. The predicted octanol–water partition coefficient (Wildman–Crippen LogP) is 2.65. The minimum absolute atomic E-state index is 0.422. The molecule has 1 heterocycles. The molecule has 4 amide bonds. The second-order valence-corrected chi connectivity index (χ2v) is 6.22. The van der Waals surface area contributed by atoms with Gasteiger partial charge in [-0.1, -0.05) is 6.07 Å². The number of rotatable bonds is 4. The standard InChI is InChI=1S/C18H13F4N3O3/c1-18(10-7-9(19)5-6-11(10)20)16(27)25(17(28)24-18)8-14(26)23-15-12(21)3-2-4-13(15)22/h2-7H,8H2,1H3,(H,23,26)(H,24,28)/t18-/m1/s1. The molecule has 6 nitrogen and oxygen atoms in total. The molecule has 0 bridgehead atoms. The van der Waals surface area contributed by atoms with Crippen LogP contribution in [0, 0.1) is 23.3 Å². The summed E-state index contributed by atoms with van der Waals surface area (Å²) in [6, 6.07) is 4.28. The van der Waals surface area contributed by atoms with Gasteiger partial charge in [0.2, 0.25) is 5.91 Å². The molecular weight excluding hydrogens is 382 g/mol. The van der Waals surface area contributed by atoms with Crippen molar-refractivity contribution in [1.82, 2.24) is 10.2 Å². The van der Waals surface area contributed by atoms with E-state index >= 15 is 0 Å². The first kappa shape index (κ1) is 19.3. The third-order valence-electron chi connectivity index (χ3n) is 4.27. The quantitative estimate of drug-likeness (QED) is 0.617. The molecule has 0 saturated carbocycles. The third-order valence-corrected chi connectivity index (χ3v) is 4.27. The molecule has 10 heteroatoms. The topological polar surface area (TPSA) is 78.5 Å². The third kappa shape index (κ3) is 3.28. The Hall–Kier alpha value is -3.43. The number of amides is 4. The SMILES string of the molecule is C[C@]1(c2cc(F)ccc2F)NC(=O)N(CC(=O)Nc2c(F)cccc2F)C1=O. The summed E-state index contributed by atoms with van der Waals surface area (Å²) in [5, 5.41) is 4.15. The fourth-order valence-corrected chi connectivity index (χ4v) is 2.84. The van der Waals surface area contributed by atoms with Crippen LogP contribution in [0.5, 0.6) is 0 Å². The van der Waals surface area contributed by atoms with Crippen molar-refractivity contribution in [1.29, 1.82) is 0 Å². The molecule has 0 unspecified atom stereocenters. The van der Waals surface area contributed by atoms with Crippen LogP contribution >= 0.6 is 0 Å². The zero-order valence-electron chi connectivity index (χ0n) is 14.4. The van der Waals surface area contributed by atoms with E-state index in [0.29, 0.717) is 4.90 Å². The first-order valence-corrected chi connectivity index (χ1v) is 7.97. The fourth-order valence-electron chi connectivity index (χ4n) is 2.84. The lowest BCUT2D eigenvalue weighted by Gasteiger charge is -2.22. The summed E-state index contributed by atoms with van der Waals surface area (Å²) in [7, 11) is 0. The molecular formula is C18H13F4N3O3. The van der Waals surface area contributed by atoms with Crippen molar-refractivity contribution in [2.24, 2.45) is 0 Å². The van der Waals surface area contributed by atoms with E-state index < -0.39 is 64.4 Å². The Labute approximate surface area is 156 Å². The number of halogens is 4. The smallest absolute Gasteiger partial charge is 0.320 e. The zero-order chi connectivity index (χ0) is 20.6. The summed E-state index contributed by atoms with van der Waals surface area (Å²) in [6.45, 7) is 0.268. The fraction of sp³-hybridized carbons (Fsp3) is 0.167. The van der Waals surface area contributed by atoms with E-state index in [4.69, 9.17) is 0 Å². The van der Waals surface area contributed by atoms with Crippen LogP contribution < -0.4 is 10.6 Å². The van der Waals surface area contributed by atoms with Crippen molar-refractivity contribution in [2.45, 2.75) is 12.5 Å². The first-order valence-electron chi connectivity index (χ1n) is 7.97. The molecule has 146 valence electrons. The van der Waals surface area contributed by atoms with Crippen LogP contribution in [-0.4, -0.2) is 29.3 Å². The lowest BCUT2D eigenvalue weighted by Crippen LogP contribution is -2.42. The number of nitrogens with zero attached hydrogens (tertiary/aromatic N) is 1. The predicted molar refractivity (Wildman–Crippen MR) is 88.9 cm³/mol. The number of hydrogen-bond donors (Lipinski definition) is 2. The normalized spacial score (nSPS) is 19.0. The van der Waals surface area contributed by atoms with Gasteiger partial charge in [-0.05, 0) is 37.3 Å². The number of benzene rings is 2. The summed E-state index contributed by atoms with van der Waals surface area (Å²) in [5.74, 6) is -5.93. The Morgan fingerprint density at radius 1 is 1.07 bits per heavy atom. The van der Waals surface area contributed by atoms with Gasteiger partial charge in [0.25, 0.3) is 5.91 Å². The molecule has 2 aromatic carbocycles. The largest absolute Gasteiger partial charge is 0.325 e. The lowest BCUT2D eigenvalue weighted by atomic mass is 9.91. The van der Waals surface area contributed by atoms with Crippen LogP contribution in [-0.2, 0) is 15.1 Å². The minimum Gasteiger partial charge on any atom is -0.320 e. The van der Waals surface area contributed by atoms with Crippen molar-refractivity contribution in [3.05, 3.63) is 65.2 Å². The number of anilines is 1. The number of carbonyl (C=O) groups is 3. The van der Waals surface area contributed by atoms with Gasteiger partial charge in [0, 0.05) is 5.56 Å². The second-order valence-electron chi connectivity index (χ2n) is 6.22. The van der Waals surface area contributed by atoms with Crippen LogP contribution in [0.4, 0.5) is 28.0 Å². The van der Waals surface area contributed by atoms with Crippen LogP contribution in [0.2, 0.25) is 0 Å². The lowest BCUT2D eigenvalue weighted by molar-refractivity contribution is -0.133. The second kappa shape index (κ2) is 6.95. The van der Waals surface area contributed by atoms with Gasteiger partial charge in [0.05, 0.1) is 0 Å². The molecule has 1 aliphatic rings. The van der Waals surface area contributed by atoms with Crippen molar-refractivity contribution in [3.63, 3.8) is 0 Å². The minimum atomic E-state index is -1.95. The molecule has 1 aliphatic heterocycles. The van der Waals surface area contributed by atoms with Gasteiger partial charge in [0.15, 0.2) is 0 Å². The summed E-state index contributed by atoms with van der Waals surface area (Å²) >= 11 is 0. The van der Waals surface area contributed by atoms with Gasteiger partial charge in [0.1, 0.15) is 41.0 Å². The van der Waals surface area contributed by atoms with Gasteiger partial charge in [-0.3, -0.25) is 14.5 Å². The highest BCUT2D eigenvalue weighted by Crippen LogP contribution is 2.31. The Kier molecular flexibility index (Phi) is 4.80. The van der Waals surface area contributed by atoms with Crippen LogP contribution in [0.25, 0.3) is 0 Å². The molecule has 1 saturated heterocycles. The number of urea groups is 1. The van der Waals surface area contributed by atoms with Gasteiger partial charge in [-0.15, -0.1) is 0 Å². The van der Waals surface area contributed by atoms with E-state index in [1.54, 1.807) is 0 Å². The molecule has 0 radical (unpaired) electrons. The first-order chi connectivity index (χ1) is 13.1. The monoisotopic (exact) mass is 395 g/mol. The Morgan fingerprint density at radius 3 is 2.36 bits per heavy atom. The Morgan fingerprint density at radius 2 is 1.71 bits per heavy atom. The molecule has 1 atom stereocenters. The molecule has 0 aliphatic carbocycles. The van der Waals surface area contributed by atoms with Crippen LogP contribution in [0.1, 0.15) is 12.5 Å². The van der Waals surface area contributed by atoms with E-state index in [-0.39, 0.29) is 0 Å². The van der Waals surface area contributed by atoms with E-state index in [1.807, 2.05) is 5.32 Å². The average molecular weight is 395 g/mol. The summed E-state index contributed by atoms with van der Waals surface area (Å²) in [4.78, 5) is 37.3. The highest BCUT2D eigenvalue weighted by Gasteiger charge is 2.50. The van der Waals surface area contributed by atoms with Gasteiger partial charge < -0.3 is 10.6 Å². The highest BCUT2D eigenvalue weighted by atomic mass is 19.1. The maximum Gasteiger partial charge on any atom is 0.325 e. The summed E-state index contributed by atoms with van der Waals surface area (Å²) < 4.78 is 54.8. The van der Waals surface area contributed by atoms with Gasteiger partial charge >= 0.3 is 6.03 Å². The summed E-state index contributed by atoms with van der Waals surface area (Å²) in [6.07, 6.45) is 0. The van der Waals surface area contributed by atoms with E-state index in [9.17, 15) is 31.9 Å². The van der Waals surface area contributed by atoms with Gasteiger partial charge in [-0.25, -0.2) is 22.4 Å². The maximum absolute atomic E-state index is 14.1. The van der Waals surface area contributed by atoms with Crippen molar-refractivity contribution in [3.8, 4) is 0 Å². The molecule has 2 N–H and O–H groups in total. The number of para-hydroxylation sites is 1. The summed E-state index contributed by atoms with van der Waals surface area (Å²) in [5.41, 5.74) is -3.11. The van der Waals surface area contributed by atoms with Crippen LogP contribution in [0.15, 0.2) is 36.4 Å². The number of carbonyl (C=O) groups excluding carboxylic acids is 3. The van der Waals surface area contributed by atoms with E-state index in [2.05, 4.69) is 5.32 Å². The van der Waals surface area contributed by atoms with Crippen LogP contribution in [0.3, 0.4) is 0 Å². The molecule has 0 aromatic heterocycles. The average Bonchev–Trinajstić information content (AvgIpc) is 2.84. The Bertz CT molecular complexity index is 978. The van der Waals surface area contributed by atoms with Crippen molar-refractivity contribution >= 4 is 23.5 Å². The van der Waals surface area contributed by atoms with E-state index in [1.165, 1.54) is 0 Å². The Balaban J connectivity index is 1.82. The number of hydrogen-bond acceptors (Lipinski definition) is 3.